The molecule has 1 unspecified atom stereocenters. The average Bonchev–Trinajstić information content (AvgIpc) is 2.49. The number of rotatable bonds is 5. The first kappa shape index (κ1) is 11.9. The third-order valence-electron chi connectivity index (χ3n) is 2.60. The van der Waals surface area contributed by atoms with E-state index >= 15 is 0 Å². The largest absolute Gasteiger partial charge is 0.480 e. The number of carboxylic acids is 1. The Kier molecular flexibility index (Phi) is 4.26. The summed E-state index contributed by atoms with van der Waals surface area (Å²) in [4.78, 5) is 10.7. The third kappa shape index (κ3) is 3.17. The number of aliphatic carboxylic acids is 1. The number of hydrogen-bond acceptors (Lipinski definition) is 3. The molecule has 0 aliphatic carbocycles. The monoisotopic (exact) mass is 217 g/mol. The second kappa shape index (κ2) is 5.03. The van der Waals surface area contributed by atoms with Crippen LogP contribution in [0.2, 0.25) is 0 Å². The van der Waals surface area contributed by atoms with E-state index in [2.05, 4.69) is 19.2 Å². The maximum Gasteiger partial charge on any atom is 0.321 e. The highest BCUT2D eigenvalue weighted by molar-refractivity contribution is 8.00. The summed E-state index contributed by atoms with van der Waals surface area (Å²) >= 11 is 1.74. The van der Waals surface area contributed by atoms with Crippen LogP contribution in [0, 0.1) is 0 Å². The Morgan fingerprint density at radius 2 is 2.36 bits per heavy atom. The van der Waals surface area contributed by atoms with Crippen molar-refractivity contribution in [2.75, 3.05) is 5.75 Å². The summed E-state index contributed by atoms with van der Waals surface area (Å²) in [6.07, 6.45) is 4.69. The first-order valence-corrected chi connectivity index (χ1v) is 6.20. The number of carbonyl (C=O) groups is 1. The molecule has 1 fully saturated rings. The predicted octanol–water partition coefficient (Wildman–Crippen LogP) is 2.07. The highest BCUT2D eigenvalue weighted by atomic mass is 32.2. The van der Waals surface area contributed by atoms with Crippen molar-refractivity contribution in [2.24, 2.45) is 0 Å². The molecule has 1 heterocycles. The molecule has 0 aromatic rings. The number of nitrogens with one attached hydrogen (secondary N) is 1. The smallest absolute Gasteiger partial charge is 0.321 e. The van der Waals surface area contributed by atoms with Gasteiger partial charge in [-0.05, 0) is 13.3 Å². The molecule has 2 atom stereocenters. The van der Waals surface area contributed by atoms with Crippen LogP contribution in [0.4, 0.5) is 0 Å². The van der Waals surface area contributed by atoms with Crippen LogP contribution in [0.5, 0.6) is 0 Å². The Labute approximate surface area is 89.6 Å². The van der Waals surface area contributed by atoms with E-state index in [0.717, 1.165) is 6.42 Å². The molecular formula is C10H19NO2S. The van der Waals surface area contributed by atoms with E-state index in [1.54, 1.807) is 11.8 Å². The van der Waals surface area contributed by atoms with E-state index in [1.807, 2.05) is 0 Å². The van der Waals surface area contributed by atoms with E-state index in [1.165, 1.54) is 19.3 Å². The van der Waals surface area contributed by atoms with E-state index in [4.69, 9.17) is 5.11 Å². The Morgan fingerprint density at radius 1 is 1.64 bits per heavy atom. The van der Waals surface area contributed by atoms with Gasteiger partial charge < -0.3 is 5.11 Å². The maximum atomic E-state index is 10.7. The number of carboxylic acid groups (broad SMARTS) is 1. The molecule has 0 radical (unpaired) electrons. The van der Waals surface area contributed by atoms with Gasteiger partial charge in [0.25, 0.3) is 0 Å². The molecule has 0 aromatic heterocycles. The van der Waals surface area contributed by atoms with Gasteiger partial charge in [0.1, 0.15) is 6.04 Å². The summed E-state index contributed by atoms with van der Waals surface area (Å²) in [6, 6.07) is -0.355. The summed E-state index contributed by atoms with van der Waals surface area (Å²) in [6.45, 7) is 4.29. The average molecular weight is 217 g/mol. The predicted molar refractivity (Wildman–Crippen MR) is 59.6 cm³/mol. The Balaban J connectivity index is 2.33. The van der Waals surface area contributed by atoms with Crippen molar-refractivity contribution in [1.29, 1.82) is 0 Å². The van der Waals surface area contributed by atoms with Crippen molar-refractivity contribution >= 4 is 17.7 Å². The second-order valence-corrected chi connectivity index (χ2v) is 5.56. The zero-order valence-corrected chi connectivity index (χ0v) is 9.69. The van der Waals surface area contributed by atoms with Crippen LogP contribution in [0.15, 0.2) is 0 Å². The molecule has 1 aliphatic rings. The summed E-state index contributed by atoms with van der Waals surface area (Å²) in [5.74, 6) is -0.0328. The fraction of sp³-hybridized carbons (Fsp3) is 0.900. The van der Waals surface area contributed by atoms with Gasteiger partial charge in [-0.15, -0.1) is 11.8 Å². The fourth-order valence-electron chi connectivity index (χ4n) is 1.71. The molecule has 0 bridgehead atoms. The van der Waals surface area contributed by atoms with Crippen LogP contribution in [-0.4, -0.2) is 27.7 Å². The molecule has 82 valence electrons. The molecular weight excluding hydrogens is 198 g/mol. The van der Waals surface area contributed by atoms with Gasteiger partial charge in [0, 0.05) is 5.75 Å². The zero-order valence-electron chi connectivity index (χ0n) is 8.88. The summed E-state index contributed by atoms with van der Waals surface area (Å²) in [7, 11) is 0. The van der Waals surface area contributed by atoms with Crippen molar-refractivity contribution in [3.05, 3.63) is 0 Å². The quantitative estimate of drug-likeness (QED) is 0.692. The lowest BCUT2D eigenvalue weighted by Gasteiger charge is -2.23. The van der Waals surface area contributed by atoms with Crippen molar-refractivity contribution in [2.45, 2.75) is 50.4 Å². The molecule has 1 aliphatic heterocycles. The highest BCUT2D eigenvalue weighted by Gasteiger charge is 2.37. The van der Waals surface area contributed by atoms with Crippen molar-refractivity contribution < 1.29 is 9.90 Å². The number of unbranched alkanes of at least 4 members (excludes halogenated alkanes) is 2. The Hall–Kier alpha value is -0.220. The summed E-state index contributed by atoms with van der Waals surface area (Å²) in [5, 5.41) is 12.0. The fourth-order valence-corrected chi connectivity index (χ4v) is 2.98. The van der Waals surface area contributed by atoms with Crippen molar-refractivity contribution in [1.82, 2.24) is 5.32 Å². The third-order valence-corrected chi connectivity index (χ3v) is 4.06. The normalized spacial score (nSPS) is 32.0. The Bertz CT molecular complexity index is 210. The summed E-state index contributed by atoms with van der Waals surface area (Å²) < 4.78 is 0. The van der Waals surface area contributed by atoms with Crippen LogP contribution < -0.4 is 5.32 Å². The summed E-state index contributed by atoms with van der Waals surface area (Å²) in [5.41, 5.74) is 0. The molecule has 2 N–H and O–H groups in total. The van der Waals surface area contributed by atoms with Gasteiger partial charge >= 0.3 is 5.97 Å². The molecule has 0 saturated carbocycles. The molecule has 14 heavy (non-hydrogen) atoms. The first-order valence-electron chi connectivity index (χ1n) is 5.22. The molecule has 3 nitrogen and oxygen atoms in total. The van der Waals surface area contributed by atoms with Crippen LogP contribution in [0.1, 0.15) is 39.5 Å². The first-order chi connectivity index (χ1) is 6.57. The van der Waals surface area contributed by atoms with Gasteiger partial charge in [-0.2, -0.15) is 0 Å². The maximum absolute atomic E-state index is 10.7. The van der Waals surface area contributed by atoms with E-state index in [0.29, 0.717) is 5.75 Å². The lowest BCUT2D eigenvalue weighted by Crippen LogP contribution is -2.43. The molecule has 1 saturated heterocycles. The molecule has 4 heteroatoms. The van der Waals surface area contributed by atoms with Gasteiger partial charge in [-0.1, -0.05) is 26.2 Å². The van der Waals surface area contributed by atoms with Crippen LogP contribution in [0.3, 0.4) is 0 Å². The number of hydrogen-bond donors (Lipinski definition) is 2. The molecule has 0 aromatic carbocycles. The number of thioether (sulfide) groups is 1. The van der Waals surface area contributed by atoms with Crippen molar-refractivity contribution in [3.63, 3.8) is 0 Å². The minimum absolute atomic E-state index is 0.0156. The minimum Gasteiger partial charge on any atom is -0.480 e. The SMILES string of the molecule is CCCCCC1(C)N[C@H](C(=O)O)CS1. The van der Waals surface area contributed by atoms with Crippen LogP contribution in [-0.2, 0) is 4.79 Å². The van der Waals surface area contributed by atoms with E-state index < -0.39 is 5.97 Å². The standard InChI is InChI=1S/C10H19NO2S/c1-3-4-5-6-10(2)11-8(7-14-10)9(12)13/h8,11H,3-7H2,1-2H3,(H,12,13)/t8-,10?/m0/s1. The second-order valence-electron chi connectivity index (χ2n) is 4.03. The molecule has 0 spiro atoms. The van der Waals surface area contributed by atoms with Gasteiger partial charge in [0.05, 0.1) is 4.87 Å². The van der Waals surface area contributed by atoms with Gasteiger partial charge in [0.2, 0.25) is 0 Å². The minimum atomic E-state index is -0.725. The van der Waals surface area contributed by atoms with Gasteiger partial charge in [0.15, 0.2) is 0 Å². The molecule has 1 rings (SSSR count). The molecule has 0 amide bonds. The zero-order chi connectivity index (χ0) is 10.6. The van der Waals surface area contributed by atoms with E-state index in [-0.39, 0.29) is 10.9 Å². The van der Waals surface area contributed by atoms with Crippen LogP contribution in [0.25, 0.3) is 0 Å². The van der Waals surface area contributed by atoms with Gasteiger partial charge in [-0.3, -0.25) is 10.1 Å². The van der Waals surface area contributed by atoms with Crippen LogP contribution >= 0.6 is 11.8 Å². The van der Waals surface area contributed by atoms with Gasteiger partial charge in [-0.25, -0.2) is 0 Å². The highest BCUT2D eigenvalue weighted by Crippen LogP contribution is 2.34. The Morgan fingerprint density at radius 3 is 2.86 bits per heavy atom. The lowest BCUT2D eigenvalue weighted by molar-refractivity contribution is -0.138. The van der Waals surface area contributed by atoms with Crippen molar-refractivity contribution in [3.8, 4) is 0 Å². The topological polar surface area (TPSA) is 49.3 Å². The lowest BCUT2D eigenvalue weighted by atomic mass is 10.1. The van der Waals surface area contributed by atoms with E-state index in [9.17, 15) is 4.79 Å².